The Morgan fingerprint density at radius 2 is 2.19 bits per heavy atom. The molecular weight excluding hydrogens is 208 g/mol. The second-order valence-electron chi connectivity index (χ2n) is 3.36. The first-order valence-electron chi connectivity index (χ1n) is 5.44. The van der Waals surface area contributed by atoms with Gasteiger partial charge in [0.25, 0.3) is 0 Å². The van der Waals surface area contributed by atoms with Crippen molar-refractivity contribution in [2.24, 2.45) is 0 Å². The van der Waals surface area contributed by atoms with Gasteiger partial charge in [0.1, 0.15) is 11.8 Å². The van der Waals surface area contributed by atoms with E-state index < -0.39 is 0 Å². The fraction of sp³-hybridized carbons (Fsp3) is 0.636. The Morgan fingerprint density at radius 1 is 1.50 bits per heavy atom. The van der Waals surface area contributed by atoms with Crippen LogP contribution in [-0.2, 0) is 9.47 Å². The van der Waals surface area contributed by atoms with Gasteiger partial charge in [-0.2, -0.15) is 5.10 Å². The van der Waals surface area contributed by atoms with Crippen molar-refractivity contribution in [3.8, 4) is 0 Å². The molecule has 0 radical (unpaired) electrons. The van der Waals surface area contributed by atoms with Crippen molar-refractivity contribution < 1.29 is 14.3 Å². The summed E-state index contributed by atoms with van der Waals surface area (Å²) in [4.78, 5) is 11.5. The van der Waals surface area contributed by atoms with Gasteiger partial charge < -0.3 is 9.47 Å². The molecule has 0 amide bonds. The van der Waals surface area contributed by atoms with E-state index in [4.69, 9.17) is 9.47 Å². The Labute approximate surface area is 95.3 Å². The number of esters is 1. The lowest BCUT2D eigenvalue weighted by molar-refractivity contribution is 0.0144. The molecule has 0 fully saturated rings. The van der Waals surface area contributed by atoms with Crippen LogP contribution in [0.5, 0.6) is 0 Å². The van der Waals surface area contributed by atoms with Gasteiger partial charge in [0, 0.05) is 6.61 Å². The normalized spacial score (nSPS) is 12.5. The minimum absolute atomic E-state index is 0.173. The molecule has 0 bridgehead atoms. The zero-order chi connectivity index (χ0) is 12.1. The highest BCUT2D eigenvalue weighted by molar-refractivity contribution is 5.90. The van der Waals surface area contributed by atoms with Gasteiger partial charge in [0.2, 0.25) is 0 Å². The third-order valence-electron chi connectivity index (χ3n) is 2.29. The Morgan fingerprint density at radius 3 is 2.75 bits per heavy atom. The van der Waals surface area contributed by atoms with Crippen molar-refractivity contribution in [3.05, 3.63) is 17.5 Å². The monoisotopic (exact) mass is 226 g/mol. The van der Waals surface area contributed by atoms with Crippen LogP contribution in [0.3, 0.4) is 0 Å². The topological polar surface area (TPSA) is 53.3 Å². The Kier molecular flexibility index (Phi) is 4.49. The van der Waals surface area contributed by atoms with Crippen LogP contribution >= 0.6 is 0 Å². The molecule has 0 N–H and O–H groups in total. The second kappa shape index (κ2) is 5.65. The summed E-state index contributed by atoms with van der Waals surface area (Å²) in [7, 11) is 0. The lowest BCUT2D eigenvalue weighted by atomic mass is 10.2. The summed E-state index contributed by atoms with van der Waals surface area (Å²) < 4.78 is 12.0. The standard InChI is InChI=1S/C11H18N2O3/c1-5-15-9(4)13-8(3)10(7-12-13)11(14)16-6-2/h7,9H,5-6H2,1-4H3. The van der Waals surface area contributed by atoms with Gasteiger partial charge in [-0.1, -0.05) is 0 Å². The first-order chi connectivity index (χ1) is 7.61. The van der Waals surface area contributed by atoms with E-state index in [2.05, 4.69) is 5.10 Å². The van der Waals surface area contributed by atoms with Crippen molar-refractivity contribution in [1.82, 2.24) is 9.78 Å². The molecule has 1 rings (SSSR count). The van der Waals surface area contributed by atoms with Gasteiger partial charge in [-0.3, -0.25) is 0 Å². The summed E-state index contributed by atoms with van der Waals surface area (Å²) in [5.74, 6) is -0.338. The zero-order valence-electron chi connectivity index (χ0n) is 10.2. The summed E-state index contributed by atoms with van der Waals surface area (Å²) >= 11 is 0. The van der Waals surface area contributed by atoms with E-state index >= 15 is 0 Å². The van der Waals surface area contributed by atoms with E-state index in [1.165, 1.54) is 6.20 Å². The minimum atomic E-state index is -0.338. The van der Waals surface area contributed by atoms with E-state index in [9.17, 15) is 4.79 Å². The molecule has 0 saturated carbocycles. The summed E-state index contributed by atoms with van der Waals surface area (Å²) in [6, 6.07) is 0. The molecule has 5 nitrogen and oxygen atoms in total. The van der Waals surface area contributed by atoms with Crippen LogP contribution in [0.25, 0.3) is 0 Å². The van der Waals surface area contributed by atoms with Crippen molar-refractivity contribution in [1.29, 1.82) is 0 Å². The van der Waals surface area contributed by atoms with Gasteiger partial charge in [-0.05, 0) is 27.7 Å². The fourth-order valence-corrected chi connectivity index (χ4v) is 1.51. The molecule has 0 aliphatic heterocycles. The first-order valence-corrected chi connectivity index (χ1v) is 5.44. The Balaban J connectivity index is 2.87. The van der Waals surface area contributed by atoms with Crippen LogP contribution in [0.1, 0.15) is 43.1 Å². The van der Waals surface area contributed by atoms with Crippen LogP contribution in [-0.4, -0.2) is 29.0 Å². The van der Waals surface area contributed by atoms with Crippen LogP contribution in [0, 0.1) is 6.92 Å². The molecule has 0 aliphatic carbocycles. The molecule has 1 aromatic heterocycles. The number of rotatable bonds is 5. The van der Waals surface area contributed by atoms with Gasteiger partial charge in [-0.15, -0.1) is 0 Å². The van der Waals surface area contributed by atoms with E-state index in [-0.39, 0.29) is 12.2 Å². The number of carbonyl (C=O) groups excluding carboxylic acids is 1. The lowest BCUT2D eigenvalue weighted by Gasteiger charge is -2.14. The third kappa shape index (κ3) is 2.61. The van der Waals surface area contributed by atoms with Crippen molar-refractivity contribution in [2.45, 2.75) is 33.9 Å². The van der Waals surface area contributed by atoms with Crippen molar-refractivity contribution in [2.75, 3.05) is 13.2 Å². The molecule has 0 aliphatic rings. The second-order valence-corrected chi connectivity index (χ2v) is 3.36. The maximum Gasteiger partial charge on any atom is 0.341 e. The maximum atomic E-state index is 11.5. The van der Waals surface area contributed by atoms with Crippen LogP contribution < -0.4 is 0 Å². The first kappa shape index (κ1) is 12.7. The SMILES string of the molecule is CCOC(=O)c1cnn(C(C)OCC)c1C. The molecule has 1 aromatic rings. The van der Waals surface area contributed by atoms with Crippen LogP contribution in [0.2, 0.25) is 0 Å². The summed E-state index contributed by atoms with van der Waals surface area (Å²) in [6.07, 6.45) is 1.34. The maximum absolute atomic E-state index is 11.5. The Hall–Kier alpha value is -1.36. The number of carbonyl (C=O) groups is 1. The summed E-state index contributed by atoms with van der Waals surface area (Å²) in [6.45, 7) is 8.38. The molecular formula is C11H18N2O3. The largest absolute Gasteiger partial charge is 0.462 e. The van der Waals surface area contributed by atoms with Crippen molar-refractivity contribution >= 4 is 5.97 Å². The molecule has 90 valence electrons. The predicted octanol–water partition coefficient (Wildman–Crippen LogP) is 1.92. The predicted molar refractivity (Wildman–Crippen MR) is 59.3 cm³/mol. The molecule has 0 saturated heterocycles. The molecule has 1 heterocycles. The highest BCUT2D eigenvalue weighted by Crippen LogP contribution is 2.15. The molecule has 5 heteroatoms. The quantitative estimate of drug-likeness (QED) is 0.720. The highest BCUT2D eigenvalue weighted by atomic mass is 16.5. The lowest BCUT2D eigenvalue weighted by Crippen LogP contribution is -2.13. The number of aromatic nitrogens is 2. The van der Waals surface area contributed by atoms with Crippen molar-refractivity contribution in [3.63, 3.8) is 0 Å². The summed E-state index contributed by atoms with van der Waals surface area (Å²) in [5, 5.41) is 4.13. The van der Waals surface area contributed by atoms with Crippen LogP contribution in [0.15, 0.2) is 6.20 Å². The van der Waals surface area contributed by atoms with E-state index in [1.807, 2.05) is 20.8 Å². The fourth-order valence-electron chi connectivity index (χ4n) is 1.51. The van der Waals surface area contributed by atoms with E-state index in [0.29, 0.717) is 18.8 Å². The zero-order valence-corrected chi connectivity index (χ0v) is 10.2. The number of ether oxygens (including phenoxy) is 2. The van der Waals surface area contributed by atoms with Gasteiger partial charge >= 0.3 is 5.97 Å². The van der Waals surface area contributed by atoms with E-state index in [0.717, 1.165) is 5.69 Å². The smallest absolute Gasteiger partial charge is 0.341 e. The highest BCUT2D eigenvalue weighted by Gasteiger charge is 2.17. The number of nitrogens with zero attached hydrogens (tertiary/aromatic N) is 2. The third-order valence-corrected chi connectivity index (χ3v) is 2.29. The van der Waals surface area contributed by atoms with Crippen LogP contribution in [0.4, 0.5) is 0 Å². The average molecular weight is 226 g/mol. The van der Waals surface area contributed by atoms with Gasteiger partial charge in [0.05, 0.1) is 18.5 Å². The summed E-state index contributed by atoms with van der Waals surface area (Å²) in [5.41, 5.74) is 1.26. The molecule has 1 unspecified atom stereocenters. The molecule has 1 atom stereocenters. The number of hydrogen-bond donors (Lipinski definition) is 0. The van der Waals surface area contributed by atoms with E-state index in [1.54, 1.807) is 11.6 Å². The molecule has 16 heavy (non-hydrogen) atoms. The minimum Gasteiger partial charge on any atom is -0.462 e. The van der Waals surface area contributed by atoms with Gasteiger partial charge in [0.15, 0.2) is 0 Å². The Bertz CT molecular complexity index is 360. The number of hydrogen-bond acceptors (Lipinski definition) is 4. The van der Waals surface area contributed by atoms with Gasteiger partial charge in [-0.25, -0.2) is 9.48 Å². The average Bonchev–Trinajstić information content (AvgIpc) is 2.61. The molecule has 0 aromatic carbocycles. The molecule has 0 spiro atoms.